The molecule has 2 atom stereocenters. The van der Waals surface area contributed by atoms with Crippen LogP contribution in [0.2, 0.25) is 0 Å². The monoisotopic (exact) mass is 570 g/mol. The second-order valence-electron chi connectivity index (χ2n) is 11.7. The van der Waals surface area contributed by atoms with Crippen molar-refractivity contribution in [2.45, 2.75) is 24.9 Å². The van der Waals surface area contributed by atoms with E-state index in [0.29, 0.717) is 23.6 Å². The number of anilines is 1. The normalized spacial score (nSPS) is 23.6. The highest BCUT2D eigenvalue weighted by Gasteiger charge is 2.33. The zero-order valence-corrected chi connectivity index (χ0v) is 23.8. The fourth-order valence-electron chi connectivity index (χ4n) is 6.59. The first-order valence-corrected chi connectivity index (χ1v) is 15.6. The topological polar surface area (TPSA) is 91.1 Å². The van der Waals surface area contributed by atoms with E-state index in [1.807, 2.05) is 36.7 Å². The van der Waals surface area contributed by atoms with Gasteiger partial charge in [0.2, 0.25) is 0 Å². The van der Waals surface area contributed by atoms with Crippen molar-refractivity contribution in [2.24, 2.45) is 5.92 Å². The molecule has 0 radical (unpaired) electrons. The number of ether oxygens (including phenoxy) is 1. The SMILES string of the molecule is O=C(c1cc(-c2cnn3ccc(-c4cccs4)nc23)nc(N2CCN(C3COC3)CC2)c1)N1CC2CCC(C1)NC2. The highest BCUT2D eigenvalue weighted by Crippen LogP contribution is 2.31. The fraction of sp³-hybridized carbons (Fsp3) is 0.467. The van der Waals surface area contributed by atoms with Crippen LogP contribution in [0, 0.1) is 5.92 Å². The Hall–Kier alpha value is -3.38. The number of rotatable bonds is 5. The van der Waals surface area contributed by atoms with E-state index in [0.717, 1.165) is 98.7 Å². The summed E-state index contributed by atoms with van der Waals surface area (Å²) in [5, 5.41) is 10.3. The predicted octanol–water partition coefficient (Wildman–Crippen LogP) is 2.86. The first-order valence-electron chi connectivity index (χ1n) is 14.7. The van der Waals surface area contributed by atoms with Gasteiger partial charge in [-0.1, -0.05) is 6.07 Å². The minimum atomic E-state index is 0.0875. The van der Waals surface area contributed by atoms with Crippen molar-refractivity contribution in [3.8, 4) is 21.8 Å². The van der Waals surface area contributed by atoms with Crippen LogP contribution in [0.5, 0.6) is 0 Å². The van der Waals surface area contributed by atoms with E-state index < -0.39 is 0 Å². The number of hydrogen-bond acceptors (Lipinski definition) is 9. The summed E-state index contributed by atoms with van der Waals surface area (Å²) in [4.78, 5) is 32.2. The third kappa shape index (κ3) is 4.80. The molecule has 5 aliphatic heterocycles. The molecule has 0 aromatic carbocycles. The summed E-state index contributed by atoms with van der Waals surface area (Å²) in [5.74, 6) is 1.45. The van der Waals surface area contributed by atoms with Crippen LogP contribution in [0.15, 0.2) is 48.1 Å². The molecule has 9 rings (SSSR count). The predicted molar refractivity (Wildman–Crippen MR) is 158 cm³/mol. The maximum atomic E-state index is 14.1. The molecule has 5 fully saturated rings. The lowest BCUT2D eigenvalue weighted by molar-refractivity contribution is -0.0660. The molecule has 0 spiro atoms. The molecule has 0 saturated carbocycles. The number of piperazine rings is 1. The molecule has 1 amide bonds. The summed E-state index contributed by atoms with van der Waals surface area (Å²) in [5.41, 5.74) is 3.91. The molecular weight excluding hydrogens is 536 g/mol. The standard InChI is InChI=1S/C30H34N8O2S/c39-30(37-16-20-3-4-22(17-37)31-14-20)21-12-26(33-28(13-21)36-9-7-35(8-10-36)23-18-40-19-23)24-15-32-38-6-5-25(34-29(24)38)27-2-1-11-41-27/h1-2,5-6,11-13,15,20,22-23,31H,3-4,7-10,14,16-19H2. The van der Waals surface area contributed by atoms with E-state index in [9.17, 15) is 4.79 Å². The van der Waals surface area contributed by atoms with Crippen LogP contribution in [-0.2, 0) is 4.74 Å². The molecule has 5 aliphatic rings. The molecule has 10 nitrogen and oxygen atoms in total. The van der Waals surface area contributed by atoms with Crippen LogP contribution >= 0.6 is 11.3 Å². The quantitative estimate of drug-likeness (QED) is 0.392. The summed E-state index contributed by atoms with van der Waals surface area (Å²) in [6.07, 6.45) is 6.09. The molecule has 212 valence electrons. The van der Waals surface area contributed by atoms with Gasteiger partial charge >= 0.3 is 0 Å². The van der Waals surface area contributed by atoms with Gasteiger partial charge in [0, 0.05) is 57.1 Å². The van der Waals surface area contributed by atoms with E-state index in [4.69, 9.17) is 14.7 Å². The zero-order chi connectivity index (χ0) is 27.3. The number of carbonyl (C=O) groups is 1. The molecule has 4 aromatic heterocycles. The van der Waals surface area contributed by atoms with Gasteiger partial charge in [0.1, 0.15) is 5.82 Å². The highest BCUT2D eigenvalue weighted by atomic mass is 32.1. The molecule has 5 saturated heterocycles. The van der Waals surface area contributed by atoms with Crippen molar-refractivity contribution in [3.63, 3.8) is 0 Å². The molecule has 4 aromatic rings. The van der Waals surface area contributed by atoms with Crippen molar-refractivity contribution in [2.75, 3.05) is 63.9 Å². The van der Waals surface area contributed by atoms with Crippen LogP contribution in [0.4, 0.5) is 5.82 Å². The van der Waals surface area contributed by atoms with Crippen molar-refractivity contribution in [3.05, 3.63) is 53.7 Å². The first kappa shape index (κ1) is 25.3. The molecule has 2 bridgehead atoms. The fourth-order valence-corrected chi connectivity index (χ4v) is 7.28. The van der Waals surface area contributed by atoms with Gasteiger partial charge in [-0.25, -0.2) is 14.5 Å². The van der Waals surface area contributed by atoms with Gasteiger partial charge in [-0.3, -0.25) is 9.69 Å². The number of hydrogen-bond donors (Lipinski definition) is 1. The minimum Gasteiger partial charge on any atom is -0.378 e. The number of thiophene rings is 1. The number of nitrogens with zero attached hydrogens (tertiary/aromatic N) is 7. The average molecular weight is 571 g/mol. The summed E-state index contributed by atoms with van der Waals surface area (Å²) in [6, 6.07) is 11.0. The second kappa shape index (κ2) is 10.5. The Morgan fingerprint density at radius 3 is 2.68 bits per heavy atom. The van der Waals surface area contributed by atoms with Gasteiger partial charge in [0.15, 0.2) is 5.65 Å². The van der Waals surface area contributed by atoms with Crippen LogP contribution in [0.1, 0.15) is 23.2 Å². The van der Waals surface area contributed by atoms with Crippen LogP contribution < -0.4 is 10.2 Å². The number of fused-ring (bicyclic) bond motifs is 5. The number of carbonyl (C=O) groups excluding carboxylic acids is 1. The van der Waals surface area contributed by atoms with Gasteiger partial charge in [0.05, 0.1) is 47.3 Å². The van der Waals surface area contributed by atoms with Gasteiger partial charge in [-0.15, -0.1) is 11.3 Å². The highest BCUT2D eigenvalue weighted by molar-refractivity contribution is 7.13. The Balaban J connectivity index is 1.17. The van der Waals surface area contributed by atoms with Gasteiger partial charge in [-0.2, -0.15) is 5.10 Å². The molecule has 0 aliphatic carbocycles. The minimum absolute atomic E-state index is 0.0875. The lowest BCUT2D eigenvalue weighted by Crippen LogP contribution is -2.56. The molecule has 1 N–H and O–H groups in total. The molecule has 41 heavy (non-hydrogen) atoms. The maximum absolute atomic E-state index is 14.1. The van der Waals surface area contributed by atoms with Crippen molar-refractivity contribution < 1.29 is 9.53 Å². The van der Waals surface area contributed by atoms with E-state index in [2.05, 4.69) is 36.6 Å². The third-order valence-corrected chi connectivity index (χ3v) is 9.97. The van der Waals surface area contributed by atoms with Gasteiger partial charge < -0.3 is 19.9 Å². The Labute approximate surface area is 242 Å². The summed E-state index contributed by atoms with van der Waals surface area (Å²) in [7, 11) is 0. The average Bonchev–Trinajstić information content (AvgIpc) is 3.58. The Bertz CT molecular complexity index is 1540. The largest absolute Gasteiger partial charge is 0.378 e. The Kier molecular flexibility index (Phi) is 6.47. The number of aromatic nitrogens is 4. The third-order valence-electron chi connectivity index (χ3n) is 9.08. The van der Waals surface area contributed by atoms with Gasteiger partial charge in [0.25, 0.3) is 5.91 Å². The maximum Gasteiger partial charge on any atom is 0.254 e. The number of pyridine rings is 1. The number of nitrogens with one attached hydrogen (secondary N) is 1. The van der Waals surface area contributed by atoms with E-state index >= 15 is 0 Å². The Morgan fingerprint density at radius 1 is 1.02 bits per heavy atom. The summed E-state index contributed by atoms with van der Waals surface area (Å²) >= 11 is 1.67. The van der Waals surface area contributed by atoms with Crippen molar-refractivity contribution in [1.82, 2.24) is 34.7 Å². The van der Waals surface area contributed by atoms with Crippen molar-refractivity contribution in [1.29, 1.82) is 0 Å². The number of amides is 1. The lowest BCUT2D eigenvalue weighted by atomic mass is 9.97. The van der Waals surface area contributed by atoms with Crippen LogP contribution in [-0.4, -0.2) is 106 Å². The molecule has 11 heteroatoms. The second-order valence-corrected chi connectivity index (χ2v) is 12.6. The number of piperidine rings is 1. The van der Waals surface area contributed by atoms with Crippen molar-refractivity contribution >= 4 is 28.7 Å². The zero-order valence-electron chi connectivity index (χ0n) is 23.0. The molecule has 9 heterocycles. The summed E-state index contributed by atoms with van der Waals surface area (Å²) in [6.45, 7) is 7.88. The van der Waals surface area contributed by atoms with Crippen LogP contribution in [0.3, 0.4) is 0 Å². The molecule has 2 unspecified atom stereocenters. The van der Waals surface area contributed by atoms with E-state index in [1.165, 1.54) is 6.42 Å². The molecular formula is C30H34N8O2S. The smallest absolute Gasteiger partial charge is 0.254 e. The van der Waals surface area contributed by atoms with Crippen LogP contribution in [0.25, 0.3) is 27.5 Å². The first-order chi connectivity index (χ1) is 20.2. The Morgan fingerprint density at radius 2 is 1.93 bits per heavy atom. The lowest BCUT2D eigenvalue weighted by Gasteiger charge is -2.43. The summed E-state index contributed by atoms with van der Waals surface area (Å²) < 4.78 is 7.22. The van der Waals surface area contributed by atoms with Gasteiger partial charge in [-0.05, 0) is 54.9 Å². The van der Waals surface area contributed by atoms with E-state index in [1.54, 1.807) is 15.9 Å². The van der Waals surface area contributed by atoms with E-state index in [-0.39, 0.29) is 5.91 Å².